The molecular weight excluding hydrogens is 513 g/mol. The summed E-state index contributed by atoms with van der Waals surface area (Å²) in [4.78, 5) is 26.8. The first-order chi connectivity index (χ1) is 16.6. The molecule has 1 heterocycles. The fraction of sp³-hybridized carbons (Fsp3) is 0.440. The third-order valence-electron chi connectivity index (χ3n) is 6.50. The van der Waals surface area contributed by atoms with Crippen LogP contribution < -0.4 is 0 Å². The molecule has 0 radical (unpaired) electrons. The molecule has 2 fully saturated rings. The number of benzene rings is 2. The highest BCUT2D eigenvalue weighted by Crippen LogP contribution is 2.45. The topological polar surface area (TPSA) is 101 Å². The van der Waals surface area contributed by atoms with Crippen LogP contribution in [0.4, 0.5) is 0 Å². The largest absolute Gasteiger partial charge is 0.481 e. The van der Waals surface area contributed by atoms with Crippen molar-refractivity contribution in [1.82, 2.24) is 4.90 Å². The number of carbonyl (C=O) groups excluding carboxylic acids is 1. The Morgan fingerprint density at radius 1 is 1.11 bits per heavy atom. The van der Waals surface area contributed by atoms with Crippen molar-refractivity contribution >= 4 is 44.9 Å². The highest BCUT2D eigenvalue weighted by atomic mass is 35.5. The highest BCUT2D eigenvalue weighted by Gasteiger charge is 2.48. The summed E-state index contributed by atoms with van der Waals surface area (Å²) in [7, 11) is -3.41. The number of nitrogens with zero attached hydrogens (tertiary/aromatic N) is 1. The Balaban J connectivity index is 1.84. The lowest BCUT2D eigenvalue weighted by molar-refractivity contribution is -0.182. The van der Waals surface area contributed by atoms with Crippen LogP contribution in [0.25, 0.3) is 0 Å². The van der Waals surface area contributed by atoms with Gasteiger partial charge in [0.15, 0.2) is 9.84 Å². The quantitative estimate of drug-likeness (QED) is 0.489. The van der Waals surface area contributed by atoms with Crippen LogP contribution in [-0.2, 0) is 24.2 Å². The molecule has 2 aliphatic rings. The summed E-state index contributed by atoms with van der Waals surface area (Å²) in [5.41, 5.74) is 1.36. The molecule has 1 N–H and O–H groups in total. The summed E-state index contributed by atoms with van der Waals surface area (Å²) in [6.07, 6.45) is -0.936. The van der Waals surface area contributed by atoms with Gasteiger partial charge in [-0.2, -0.15) is 0 Å². The van der Waals surface area contributed by atoms with Crippen LogP contribution in [0.1, 0.15) is 55.9 Å². The minimum absolute atomic E-state index is 0.188. The van der Waals surface area contributed by atoms with Gasteiger partial charge < -0.3 is 14.7 Å². The molecule has 0 spiro atoms. The van der Waals surface area contributed by atoms with Crippen LogP contribution in [0.2, 0.25) is 10.0 Å². The zero-order valence-corrected chi connectivity index (χ0v) is 21.5. The summed E-state index contributed by atoms with van der Waals surface area (Å²) in [5, 5.41) is 10.1. The standard InChI is InChI=1S/C25H27Cl2NO6S/c1-2-19(14-35(32,33)20-10-11-20)28-23(15-6-8-17(26)9-7-15)24(16-4-3-5-18(27)12-16)34-21(25(28)31)13-22(29)30/h3-9,12,19-21,23-24H,2,10-11,13-14H2,1H3,(H,29,30)/t19?,21-,23-,24-/m1/s1. The third kappa shape index (κ3) is 5.82. The van der Waals surface area contributed by atoms with E-state index in [1.54, 1.807) is 48.5 Å². The summed E-state index contributed by atoms with van der Waals surface area (Å²) in [5.74, 6) is -1.91. The average molecular weight is 540 g/mol. The molecule has 2 aromatic carbocycles. The SMILES string of the molecule is CCC(CS(=O)(=O)C1CC1)N1C(=O)[C@@H](CC(=O)O)O[C@H](c2cccc(Cl)c2)[C@H]1c1ccc(Cl)cc1. The monoisotopic (exact) mass is 539 g/mol. The molecule has 1 aliphatic carbocycles. The Labute approximate surface area is 214 Å². The van der Waals surface area contributed by atoms with Gasteiger partial charge in [0.25, 0.3) is 5.91 Å². The van der Waals surface area contributed by atoms with Gasteiger partial charge in [0, 0.05) is 16.1 Å². The third-order valence-corrected chi connectivity index (χ3v) is 9.32. The van der Waals surface area contributed by atoms with E-state index in [0.29, 0.717) is 40.4 Å². The number of hydrogen-bond donors (Lipinski definition) is 1. The summed E-state index contributed by atoms with van der Waals surface area (Å²) < 4.78 is 32.1. The number of sulfone groups is 1. The number of carboxylic acids is 1. The van der Waals surface area contributed by atoms with E-state index in [9.17, 15) is 23.1 Å². The molecule has 1 saturated carbocycles. The van der Waals surface area contributed by atoms with E-state index < -0.39 is 52.4 Å². The van der Waals surface area contributed by atoms with Crippen molar-refractivity contribution < 1.29 is 27.9 Å². The lowest BCUT2D eigenvalue weighted by Crippen LogP contribution is -2.56. The predicted molar refractivity (Wildman–Crippen MR) is 133 cm³/mol. The molecule has 4 rings (SSSR count). The molecule has 0 aromatic heterocycles. The number of rotatable bonds is 9. The van der Waals surface area contributed by atoms with Gasteiger partial charge in [-0.3, -0.25) is 9.59 Å². The second-order valence-corrected chi connectivity index (χ2v) is 12.2. The van der Waals surface area contributed by atoms with E-state index in [1.807, 2.05) is 6.92 Å². The molecule has 188 valence electrons. The van der Waals surface area contributed by atoms with Crippen molar-refractivity contribution in [1.29, 1.82) is 0 Å². The van der Waals surface area contributed by atoms with Crippen LogP contribution in [-0.4, -0.2) is 53.4 Å². The summed E-state index contributed by atoms with van der Waals surface area (Å²) >= 11 is 12.4. The van der Waals surface area contributed by atoms with Gasteiger partial charge in [-0.1, -0.05) is 54.4 Å². The molecule has 1 unspecified atom stereocenters. The number of amides is 1. The van der Waals surface area contributed by atoms with Gasteiger partial charge in [-0.25, -0.2) is 8.42 Å². The summed E-state index contributed by atoms with van der Waals surface area (Å²) in [6.45, 7) is 1.83. The van der Waals surface area contributed by atoms with Crippen LogP contribution in [0.5, 0.6) is 0 Å². The van der Waals surface area contributed by atoms with Crippen molar-refractivity contribution in [3.8, 4) is 0 Å². The minimum atomic E-state index is -3.41. The first kappa shape index (κ1) is 25.9. The molecule has 10 heteroatoms. The van der Waals surface area contributed by atoms with Gasteiger partial charge in [0.2, 0.25) is 0 Å². The maximum absolute atomic E-state index is 13.7. The van der Waals surface area contributed by atoms with E-state index in [4.69, 9.17) is 27.9 Å². The first-order valence-electron chi connectivity index (χ1n) is 11.5. The number of carboxylic acid groups (broad SMARTS) is 1. The van der Waals surface area contributed by atoms with Gasteiger partial charge in [-0.05, 0) is 54.7 Å². The van der Waals surface area contributed by atoms with Crippen molar-refractivity contribution in [3.05, 3.63) is 69.7 Å². The number of halogens is 2. The maximum atomic E-state index is 13.7. The van der Waals surface area contributed by atoms with Gasteiger partial charge in [0.05, 0.1) is 23.5 Å². The normalized spacial score (nSPS) is 23.8. The highest BCUT2D eigenvalue weighted by molar-refractivity contribution is 7.92. The first-order valence-corrected chi connectivity index (χ1v) is 14.0. The van der Waals surface area contributed by atoms with Gasteiger partial charge in [-0.15, -0.1) is 0 Å². The van der Waals surface area contributed by atoms with E-state index in [-0.39, 0.29) is 11.0 Å². The second kappa shape index (κ2) is 10.5. The lowest BCUT2D eigenvalue weighted by atomic mass is 9.89. The number of aliphatic carboxylic acids is 1. The Hall–Kier alpha value is -2.13. The van der Waals surface area contributed by atoms with Crippen molar-refractivity contribution in [2.24, 2.45) is 0 Å². The minimum Gasteiger partial charge on any atom is -0.481 e. The molecular formula is C25H27Cl2NO6S. The van der Waals surface area contributed by atoms with E-state index in [2.05, 4.69) is 0 Å². The molecule has 35 heavy (non-hydrogen) atoms. The molecule has 4 atom stereocenters. The number of hydrogen-bond acceptors (Lipinski definition) is 5. The van der Waals surface area contributed by atoms with Crippen LogP contribution in [0.3, 0.4) is 0 Å². The fourth-order valence-corrected chi connectivity index (χ4v) is 7.01. The number of carbonyl (C=O) groups is 2. The zero-order valence-electron chi connectivity index (χ0n) is 19.1. The van der Waals surface area contributed by atoms with E-state index in [0.717, 1.165) is 0 Å². The fourth-order valence-electron chi connectivity index (χ4n) is 4.63. The molecule has 0 bridgehead atoms. The summed E-state index contributed by atoms with van der Waals surface area (Å²) in [6, 6.07) is 12.5. The number of morpholine rings is 1. The van der Waals surface area contributed by atoms with Gasteiger partial charge in [0.1, 0.15) is 12.2 Å². The van der Waals surface area contributed by atoms with E-state index >= 15 is 0 Å². The number of ether oxygens (including phenoxy) is 1. The molecule has 1 aliphatic heterocycles. The lowest BCUT2D eigenvalue weighted by Gasteiger charge is -2.48. The molecule has 7 nitrogen and oxygen atoms in total. The molecule has 1 amide bonds. The van der Waals surface area contributed by atoms with Crippen molar-refractivity contribution in [3.63, 3.8) is 0 Å². The Morgan fingerprint density at radius 2 is 1.80 bits per heavy atom. The Morgan fingerprint density at radius 3 is 2.37 bits per heavy atom. The second-order valence-electron chi connectivity index (χ2n) is 9.03. The molecule has 2 aromatic rings. The van der Waals surface area contributed by atoms with Crippen molar-refractivity contribution in [2.75, 3.05) is 5.75 Å². The van der Waals surface area contributed by atoms with Crippen LogP contribution in [0.15, 0.2) is 48.5 Å². The van der Waals surface area contributed by atoms with Crippen LogP contribution in [0, 0.1) is 0 Å². The van der Waals surface area contributed by atoms with Gasteiger partial charge >= 0.3 is 5.97 Å². The Bertz CT molecular complexity index is 1200. The maximum Gasteiger partial charge on any atom is 0.306 e. The van der Waals surface area contributed by atoms with Crippen molar-refractivity contribution in [2.45, 2.75) is 62.1 Å². The molecule has 1 saturated heterocycles. The van der Waals surface area contributed by atoms with Crippen LogP contribution >= 0.6 is 23.2 Å². The smallest absolute Gasteiger partial charge is 0.306 e. The van der Waals surface area contributed by atoms with E-state index in [1.165, 1.54) is 4.90 Å². The predicted octanol–water partition coefficient (Wildman–Crippen LogP) is 4.83. The average Bonchev–Trinajstić information content (AvgIpc) is 3.65. The Kier molecular flexibility index (Phi) is 7.76. The zero-order chi connectivity index (χ0) is 25.3.